The predicted octanol–water partition coefficient (Wildman–Crippen LogP) is 2.88. The molecule has 0 fully saturated rings. The van der Waals surface area contributed by atoms with Crippen molar-refractivity contribution in [3.8, 4) is 11.7 Å². The summed E-state index contributed by atoms with van der Waals surface area (Å²) in [7, 11) is 2.03. The van der Waals surface area contributed by atoms with Crippen LogP contribution in [0.2, 0.25) is 0 Å². The van der Waals surface area contributed by atoms with Gasteiger partial charge in [0.15, 0.2) is 0 Å². The van der Waals surface area contributed by atoms with Crippen LogP contribution in [0.3, 0.4) is 0 Å². The van der Waals surface area contributed by atoms with Crippen LogP contribution in [0.15, 0.2) is 0 Å². The van der Waals surface area contributed by atoms with Crippen molar-refractivity contribution in [1.82, 2.24) is 4.81 Å². The van der Waals surface area contributed by atoms with E-state index in [-0.39, 0.29) is 0 Å². The van der Waals surface area contributed by atoms with Crippen molar-refractivity contribution in [2.24, 2.45) is 0 Å². The second-order valence-corrected chi connectivity index (χ2v) is 4.19. The van der Waals surface area contributed by atoms with Crippen LogP contribution in [0.4, 0.5) is 0 Å². The summed E-state index contributed by atoms with van der Waals surface area (Å²) in [5.74, 6) is 6.31. The average Bonchev–Trinajstić information content (AvgIpc) is 2.09. The Labute approximate surface area is 90.5 Å². The molecule has 0 heterocycles. The molecule has 0 unspecified atom stereocenters. The predicted molar refractivity (Wildman–Crippen MR) is 65.2 cm³/mol. The summed E-state index contributed by atoms with van der Waals surface area (Å²) in [6, 6.07) is 1.07. The highest BCUT2D eigenvalue weighted by atomic mass is 15.1. The van der Waals surface area contributed by atoms with Gasteiger partial charge in [0.2, 0.25) is 0 Å². The Hall–Kier alpha value is -0.415. The Morgan fingerprint density at radius 2 is 1.71 bits per heavy atom. The largest absolute Gasteiger partial charge is 0.330 e. The first-order chi connectivity index (χ1) is 6.59. The summed E-state index contributed by atoms with van der Waals surface area (Å²) < 4.78 is 0. The Balaban J connectivity index is 3.85. The van der Waals surface area contributed by atoms with Gasteiger partial charge in [-0.2, -0.15) is 0 Å². The van der Waals surface area contributed by atoms with Crippen molar-refractivity contribution >= 4 is 7.41 Å². The van der Waals surface area contributed by atoms with Gasteiger partial charge in [-0.3, -0.25) is 0 Å². The summed E-state index contributed by atoms with van der Waals surface area (Å²) in [6.07, 6.45) is 3.47. The van der Waals surface area contributed by atoms with Crippen LogP contribution < -0.4 is 0 Å². The first kappa shape index (κ1) is 13.6. The molecule has 0 aliphatic carbocycles. The summed E-state index contributed by atoms with van der Waals surface area (Å²) in [5.41, 5.74) is 0. The maximum atomic E-state index is 3.18. The monoisotopic (exact) mass is 192 g/mol. The summed E-state index contributed by atoms with van der Waals surface area (Å²) in [4.78, 5) is 2.29. The summed E-state index contributed by atoms with van der Waals surface area (Å²) >= 11 is 0. The molecule has 1 radical (unpaired) electrons. The van der Waals surface area contributed by atoms with E-state index >= 15 is 0 Å². The van der Waals surface area contributed by atoms with Gasteiger partial charge in [0, 0.05) is 6.42 Å². The number of rotatable bonds is 5. The van der Waals surface area contributed by atoms with E-state index in [2.05, 4.69) is 51.2 Å². The van der Waals surface area contributed by atoms with Crippen LogP contribution in [0.5, 0.6) is 0 Å². The third kappa shape index (κ3) is 6.10. The zero-order valence-corrected chi connectivity index (χ0v) is 10.3. The van der Waals surface area contributed by atoms with Gasteiger partial charge in [0.05, 0.1) is 0 Å². The molecule has 0 aromatic carbocycles. The molecular formula is C12H23BN. The first-order valence-electron chi connectivity index (χ1n) is 5.68. The molecule has 0 saturated heterocycles. The molecule has 2 heteroatoms. The molecule has 0 saturated carbocycles. The second-order valence-electron chi connectivity index (χ2n) is 4.19. The van der Waals surface area contributed by atoms with Crippen molar-refractivity contribution in [3.63, 3.8) is 0 Å². The van der Waals surface area contributed by atoms with Crippen LogP contribution >= 0.6 is 0 Å². The molecule has 1 nitrogen and oxygen atoms in total. The zero-order valence-electron chi connectivity index (χ0n) is 10.3. The van der Waals surface area contributed by atoms with E-state index in [1.807, 2.05) is 7.41 Å². The highest BCUT2D eigenvalue weighted by Gasteiger charge is 2.12. The molecule has 0 amide bonds. The third-order valence-corrected chi connectivity index (χ3v) is 2.16. The lowest BCUT2D eigenvalue weighted by Gasteiger charge is -2.27. The molecule has 0 aromatic rings. The quantitative estimate of drug-likeness (QED) is 0.367. The topological polar surface area (TPSA) is 3.24 Å². The Bertz CT molecular complexity index is 180. The van der Waals surface area contributed by atoms with Gasteiger partial charge < -0.3 is 4.81 Å². The molecule has 0 spiro atoms. The Morgan fingerprint density at radius 1 is 1.14 bits per heavy atom. The maximum Gasteiger partial charge on any atom is 0.312 e. The SMILES string of the molecule is CCCCC#C[B]N(C(C)C)C(C)C. The standard InChI is InChI=1S/C12H23BN/c1-6-7-8-9-10-13-14(11(2)3)12(4)5/h11-12H,6-8H2,1-5H3. The fourth-order valence-corrected chi connectivity index (χ4v) is 1.35. The van der Waals surface area contributed by atoms with Crippen LogP contribution in [-0.2, 0) is 0 Å². The molecule has 79 valence electrons. The number of nitrogens with zero attached hydrogens (tertiary/aromatic N) is 1. The number of unbranched alkanes of at least 4 members (excludes halogenated alkanes) is 2. The van der Waals surface area contributed by atoms with Gasteiger partial charge in [-0.15, -0.1) is 11.7 Å². The molecule has 0 N–H and O–H groups in total. The van der Waals surface area contributed by atoms with Crippen LogP contribution in [0, 0.1) is 11.7 Å². The van der Waals surface area contributed by atoms with E-state index in [1.54, 1.807) is 0 Å². The van der Waals surface area contributed by atoms with E-state index in [9.17, 15) is 0 Å². The van der Waals surface area contributed by atoms with Crippen molar-refractivity contribution in [3.05, 3.63) is 0 Å². The summed E-state index contributed by atoms with van der Waals surface area (Å²) in [5, 5.41) is 0. The van der Waals surface area contributed by atoms with Crippen molar-refractivity contribution in [2.75, 3.05) is 0 Å². The van der Waals surface area contributed by atoms with E-state index in [0.717, 1.165) is 6.42 Å². The minimum atomic E-state index is 0.537. The van der Waals surface area contributed by atoms with Gasteiger partial charge in [0.25, 0.3) is 0 Å². The second kappa shape index (κ2) is 7.94. The van der Waals surface area contributed by atoms with E-state index in [1.165, 1.54) is 12.8 Å². The minimum Gasteiger partial charge on any atom is -0.330 e. The van der Waals surface area contributed by atoms with Gasteiger partial charge >= 0.3 is 7.41 Å². The van der Waals surface area contributed by atoms with E-state index in [4.69, 9.17) is 0 Å². The average molecular weight is 192 g/mol. The lowest BCUT2D eigenvalue weighted by molar-refractivity contribution is 0.315. The van der Waals surface area contributed by atoms with E-state index in [0.29, 0.717) is 12.1 Å². The highest BCUT2D eigenvalue weighted by Crippen LogP contribution is 2.01. The smallest absolute Gasteiger partial charge is 0.312 e. The van der Waals surface area contributed by atoms with Gasteiger partial charge in [0.1, 0.15) is 0 Å². The molecule has 0 rings (SSSR count). The summed E-state index contributed by atoms with van der Waals surface area (Å²) in [6.45, 7) is 11.0. The van der Waals surface area contributed by atoms with E-state index < -0.39 is 0 Å². The highest BCUT2D eigenvalue weighted by molar-refractivity contribution is 6.43. The first-order valence-corrected chi connectivity index (χ1v) is 5.68. The Morgan fingerprint density at radius 3 is 2.14 bits per heavy atom. The van der Waals surface area contributed by atoms with Crippen molar-refractivity contribution in [1.29, 1.82) is 0 Å². The molecule has 0 aliphatic rings. The third-order valence-electron chi connectivity index (χ3n) is 2.16. The van der Waals surface area contributed by atoms with Gasteiger partial charge in [-0.1, -0.05) is 41.0 Å². The molecule has 0 bridgehead atoms. The Kier molecular flexibility index (Phi) is 7.70. The fourth-order valence-electron chi connectivity index (χ4n) is 1.35. The zero-order chi connectivity index (χ0) is 11.0. The van der Waals surface area contributed by atoms with Crippen LogP contribution in [0.25, 0.3) is 0 Å². The molecular weight excluding hydrogens is 169 g/mol. The van der Waals surface area contributed by atoms with Crippen LogP contribution in [0.1, 0.15) is 53.9 Å². The van der Waals surface area contributed by atoms with Crippen molar-refractivity contribution < 1.29 is 0 Å². The van der Waals surface area contributed by atoms with Crippen LogP contribution in [-0.4, -0.2) is 24.3 Å². The van der Waals surface area contributed by atoms with Gasteiger partial charge in [-0.05, 0) is 18.5 Å². The maximum absolute atomic E-state index is 3.18. The minimum absolute atomic E-state index is 0.537. The molecule has 0 atom stereocenters. The molecule has 0 aliphatic heterocycles. The normalized spacial score (nSPS) is 10.6. The fraction of sp³-hybridized carbons (Fsp3) is 0.833. The lowest BCUT2D eigenvalue weighted by Crippen LogP contribution is -2.39. The molecule has 0 aromatic heterocycles. The molecule has 14 heavy (non-hydrogen) atoms. The number of hydrogen-bond acceptors (Lipinski definition) is 1. The number of hydrogen-bond donors (Lipinski definition) is 0. The van der Waals surface area contributed by atoms with Gasteiger partial charge in [-0.25, -0.2) is 0 Å². The van der Waals surface area contributed by atoms with Crippen molar-refractivity contribution in [2.45, 2.75) is 66.0 Å². The lowest BCUT2D eigenvalue weighted by atomic mass is 9.88.